The lowest BCUT2D eigenvalue weighted by atomic mass is 10.0. The summed E-state index contributed by atoms with van der Waals surface area (Å²) in [6.07, 6.45) is 0. The monoisotopic (exact) mass is 358 g/mol. The summed E-state index contributed by atoms with van der Waals surface area (Å²) in [5.74, 6) is -2.26. The van der Waals surface area contributed by atoms with Gasteiger partial charge in [-0.3, -0.25) is 4.79 Å². The van der Waals surface area contributed by atoms with Gasteiger partial charge in [0.1, 0.15) is 11.6 Å². The lowest BCUT2D eigenvalue weighted by Crippen LogP contribution is -2.09. The summed E-state index contributed by atoms with van der Waals surface area (Å²) >= 11 is 2.04. The topological polar surface area (TPSA) is 17.1 Å². The minimum Gasteiger partial charge on any atom is -0.288 e. The van der Waals surface area contributed by atoms with Crippen molar-refractivity contribution in [2.45, 2.75) is 6.92 Å². The SMILES string of the molecule is Cc1ccc(F)c(C(=O)c2cccc(I)c2)c1F. The van der Waals surface area contributed by atoms with Crippen molar-refractivity contribution in [3.05, 3.63) is 68.3 Å². The molecule has 0 amide bonds. The number of aryl methyl sites for hydroxylation is 1. The van der Waals surface area contributed by atoms with Crippen molar-refractivity contribution in [2.75, 3.05) is 0 Å². The molecule has 2 rings (SSSR count). The smallest absolute Gasteiger partial charge is 0.198 e. The Labute approximate surface area is 117 Å². The molecule has 0 unspecified atom stereocenters. The number of ketones is 1. The first-order chi connectivity index (χ1) is 8.50. The minimum atomic E-state index is -0.832. The molecule has 92 valence electrons. The van der Waals surface area contributed by atoms with Gasteiger partial charge in [0.15, 0.2) is 5.78 Å². The maximum atomic E-state index is 13.8. The van der Waals surface area contributed by atoms with Crippen molar-refractivity contribution in [2.24, 2.45) is 0 Å². The van der Waals surface area contributed by atoms with Gasteiger partial charge in [-0.15, -0.1) is 0 Å². The fourth-order valence-electron chi connectivity index (χ4n) is 1.64. The highest BCUT2D eigenvalue weighted by Gasteiger charge is 2.20. The van der Waals surface area contributed by atoms with E-state index in [4.69, 9.17) is 0 Å². The Bertz CT molecular complexity index is 623. The molecule has 18 heavy (non-hydrogen) atoms. The molecule has 0 bridgehead atoms. The van der Waals surface area contributed by atoms with E-state index in [9.17, 15) is 13.6 Å². The van der Waals surface area contributed by atoms with Crippen molar-refractivity contribution < 1.29 is 13.6 Å². The highest BCUT2D eigenvalue weighted by molar-refractivity contribution is 14.1. The summed E-state index contributed by atoms with van der Waals surface area (Å²) in [7, 11) is 0. The first kappa shape index (κ1) is 13.1. The minimum absolute atomic E-state index is 0.255. The summed E-state index contributed by atoms with van der Waals surface area (Å²) in [6.45, 7) is 1.50. The molecule has 0 heterocycles. The Hall–Kier alpha value is -1.30. The van der Waals surface area contributed by atoms with Crippen molar-refractivity contribution in [3.63, 3.8) is 0 Å². The molecule has 1 nitrogen and oxygen atoms in total. The maximum absolute atomic E-state index is 13.8. The standard InChI is InChI=1S/C14H9F2IO/c1-8-5-6-11(15)12(13(8)16)14(18)9-3-2-4-10(17)7-9/h2-7H,1H3. The predicted octanol–water partition coefficient (Wildman–Crippen LogP) is 4.11. The van der Waals surface area contributed by atoms with Gasteiger partial charge in [-0.1, -0.05) is 18.2 Å². The van der Waals surface area contributed by atoms with Crippen molar-refractivity contribution in [3.8, 4) is 0 Å². The number of rotatable bonds is 2. The molecular formula is C14H9F2IO. The van der Waals surface area contributed by atoms with Crippen LogP contribution in [0.25, 0.3) is 0 Å². The van der Waals surface area contributed by atoms with E-state index < -0.39 is 23.0 Å². The number of hydrogen-bond donors (Lipinski definition) is 0. The van der Waals surface area contributed by atoms with E-state index >= 15 is 0 Å². The van der Waals surface area contributed by atoms with Gasteiger partial charge in [-0.05, 0) is 53.3 Å². The van der Waals surface area contributed by atoms with Gasteiger partial charge in [0.05, 0.1) is 5.56 Å². The van der Waals surface area contributed by atoms with Gasteiger partial charge in [0.25, 0.3) is 0 Å². The van der Waals surface area contributed by atoms with Crippen LogP contribution in [0.4, 0.5) is 8.78 Å². The fraction of sp³-hybridized carbons (Fsp3) is 0.0714. The van der Waals surface area contributed by atoms with Gasteiger partial charge in [0.2, 0.25) is 0 Å². The molecule has 0 aromatic heterocycles. The molecule has 0 fully saturated rings. The molecule has 0 saturated heterocycles. The Morgan fingerprint density at radius 1 is 1.17 bits per heavy atom. The van der Waals surface area contributed by atoms with Crippen LogP contribution in [0.15, 0.2) is 36.4 Å². The third-order valence-electron chi connectivity index (χ3n) is 2.60. The van der Waals surface area contributed by atoms with Gasteiger partial charge in [-0.2, -0.15) is 0 Å². The number of carbonyl (C=O) groups excluding carboxylic acids is 1. The van der Waals surface area contributed by atoms with E-state index in [0.29, 0.717) is 0 Å². The van der Waals surface area contributed by atoms with Crippen LogP contribution in [0, 0.1) is 22.1 Å². The van der Waals surface area contributed by atoms with Crippen LogP contribution >= 0.6 is 22.6 Å². The van der Waals surface area contributed by atoms with Gasteiger partial charge in [-0.25, -0.2) is 8.78 Å². The number of halogens is 3. The van der Waals surface area contributed by atoms with Crippen LogP contribution in [0.1, 0.15) is 21.5 Å². The normalized spacial score (nSPS) is 10.4. The highest BCUT2D eigenvalue weighted by Crippen LogP contribution is 2.20. The molecule has 0 radical (unpaired) electrons. The second-order valence-electron chi connectivity index (χ2n) is 3.89. The van der Waals surface area contributed by atoms with E-state index in [1.165, 1.54) is 13.0 Å². The van der Waals surface area contributed by atoms with Gasteiger partial charge < -0.3 is 0 Å². The molecule has 0 aliphatic carbocycles. The highest BCUT2D eigenvalue weighted by atomic mass is 127. The quantitative estimate of drug-likeness (QED) is 0.583. The first-order valence-electron chi connectivity index (χ1n) is 5.25. The van der Waals surface area contributed by atoms with Crippen molar-refractivity contribution >= 4 is 28.4 Å². The number of carbonyl (C=O) groups is 1. The van der Waals surface area contributed by atoms with E-state index in [1.54, 1.807) is 24.3 Å². The van der Waals surface area contributed by atoms with Crippen LogP contribution in [0.5, 0.6) is 0 Å². The van der Waals surface area contributed by atoms with Crippen LogP contribution in [-0.2, 0) is 0 Å². The average molecular weight is 358 g/mol. The van der Waals surface area contributed by atoms with Crippen molar-refractivity contribution in [1.82, 2.24) is 0 Å². The van der Waals surface area contributed by atoms with Crippen molar-refractivity contribution in [1.29, 1.82) is 0 Å². The molecule has 2 aromatic carbocycles. The third-order valence-corrected chi connectivity index (χ3v) is 3.27. The van der Waals surface area contributed by atoms with Gasteiger partial charge in [0, 0.05) is 9.13 Å². The number of hydrogen-bond acceptors (Lipinski definition) is 1. The predicted molar refractivity (Wildman–Crippen MR) is 73.7 cm³/mol. The Morgan fingerprint density at radius 3 is 2.56 bits per heavy atom. The van der Waals surface area contributed by atoms with Crippen LogP contribution in [-0.4, -0.2) is 5.78 Å². The van der Waals surface area contributed by atoms with Crippen LogP contribution in [0.3, 0.4) is 0 Å². The molecule has 0 aliphatic rings. The van der Waals surface area contributed by atoms with Crippen LogP contribution in [0.2, 0.25) is 0 Å². The molecule has 0 saturated carbocycles. The zero-order valence-electron chi connectivity index (χ0n) is 9.51. The summed E-state index contributed by atoms with van der Waals surface area (Å²) < 4.78 is 28.3. The Morgan fingerprint density at radius 2 is 1.89 bits per heavy atom. The first-order valence-corrected chi connectivity index (χ1v) is 6.33. The second-order valence-corrected chi connectivity index (χ2v) is 5.14. The Kier molecular flexibility index (Phi) is 3.75. The molecular weight excluding hydrogens is 349 g/mol. The molecule has 0 atom stereocenters. The maximum Gasteiger partial charge on any atom is 0.198 e. The average Bonchev–Trinajstić information content (AvgIpc) is 2.34. The lowest BCUT2D eigenvalue weighted by molar-refractivity contribution is 0.103. The summed E-state index contributed by atoms with van der Waals surface area (Å²) in [4.78, 5) is 12.1. The Balaban J connectivity index is 2.56. The summed E-state index contributed by atoms with van der Waals surface area (Å²) in [5.41, 5.74) is 0.0488. The summed E-state index contributed by atoms with van der Waals surface area (Å²) in [5, 5.41) is 0. The zero-order valence-corrected chi connectivity index (χ0v) is 11.7. The summed E-state index contributed by atoms with van der Waals surface area (Å²) in [6, 6.07) is 9.06. The molecule has 0 spiro atoms. The fourth-order valence-corrected chi connectivity index (χ4v) is 2.18. The van der Waals surface area contributed by atoms with E-state index in [2.05, 4.69) is 0 Å². The zero-order chi connectivity index (χ0) is 13.3. The largest absolute Gasteiger partial charge is 0.288 e. The molecule has 2 aromatic rings. The third kappa shape index (κ3) is 2.43. The molecule has 0 aliphatic heterocycles. The van der Waals surface area contributed by atoms with E-state index in [1.807, 2.05) is 22.6 Å². The number of benzene rings is 2. The molecule has 0 N–H and O–H groups in total. The van der Waals surface area contributed by atoms with Gasteiger partial charge >= 0.3 is 0 Å². The van der Waals surface area contributed by atoms with E-state index in [0.717, 1.165) is 9.64 Å². The van der Waals surface area contributed by atoms with Crippen LogP contribution < -0.4 is 0 Å². The lowest BCUT2D eigenvalue weighted by Gasteiger charge is -2.06. The molecule has 4 heteroatoms. The second kappa shape index (κ2) is 5.14. The van der Waals surface area contributed by atoms with E-state index in [-0.39, 0.29) is 11.1 Å².